The molecular formula is C26H27N7O3S. The number of pyridine rings is 1. The van der Waals surface area contributed by atoms with E-state index in [0.29, 0.717) is 37.7 Å². The standard InChI is InChI=1S/C26H27N7O3S/c1-26(2,3)36-25(35)33-12-10-32(11-13-33)21-7-8-27-15-20(21)31-24(34)19-6-9-28-23(30-19)17-4-5-18-22(14-17)37-16-29-18/h4-9,14-16H,10-13H2,1-3H3,(H,31,34). The molecule has 1 aliphatic rings. The highest BCUT2D eigenvalue weighted by atomic mass is 32.1. The van der Waals surface area contributed by atoms with Crippen molar-refractivity contribution in [3.05, 3.63) is 60.1 Å². The number of hydrogen-bond acceptors (Lipinski definition) is 9. The van der Waals surface area contributed by atoms with Crippen LogP contribution in [0.1, 0.15) is 31.3 Å². The summed E-state index contributed by atoms with van der Waals surface area (Å²) < 4.78 is 6.52. The number of fused-ring (bicyclic) bond motifs is 1. The van der Waals surface area contributed by atoms with E-state index >= 15 is 0 Å². The number of piperazine rings is 1. The molecule has 5 rings (SSSR count). The fourth-order valence-electron chi connectivity index (χ4n) is 4.02. The van der Waals surface area contributed by atoms with Gasteiger partial charge in [-0.15, -0.1) is 11.3 Å². The van der Waals surface area contributed by atoms with Crippen LogP contribution < -0.4 is 10.2 Å². The van der Waals surface area contributed by atoms with Crippen molar-refractivity contribution in [1.29, 1.82) is 0 Å². The summed E-state index contributed by atoms with van der Waals surface area (Å²) in [6.07, 6.45) is 4.56. The molecule has 3 aromatic heterocycles. The first-order valence-electron chi connectivity index (χ1n) is 11.9. The normalized spacial score (nSPS) is 14.0. The number of carbonyl (C=O) groups is 2. The molecule has 4 heterocycles. The van der Waals surface area contributed by atoms with Crippen LogP contribution in [-0.4, -0.2) is 68.6 Å². The lowest BCUT2D eigenvalue weighted by atomic mass is 10.2. The Balaban J connectivity index is 1.29. The van der Waals surface area contributed by atoms with Gasteiger partial charge in [0.25, 0.3) is 5.91 Å². The van der Waals surface area contributed by atoms with Gasteiger partial charge in [0, 0.05) is 44.1 Å². The van der Waals surface area contributed by atoms with Crippen molar-refractivity contribution in [2.45, 2.75) is 26.4 Å². The van der Waals surface area contributed by atoms with E-state index in [1.165, 1.54) is 0 Å². The Bertz CT molecular complexity index is 1440. The summed E-state index contributed by atoms with van der Waals surface area (Å²) in [5, 5.41) is 2.95. The molecule has 10 nitrogen and oxygen atoms in total. The smallest absolute Gasteiger partial charge is 0.410 e. The number of rotatable bonds is 4. The molecule has 1 aromatic carbocycles. The molecule has 0 radical (unpaired) electrons. The van der Waals surface area contributed by atoms with Gasteiger partial charge in [0.2, 0.25) is 0 Å². The van der Waals surface area contributed by atoms with Crippen molar-refractivity contribution in [2.24, 2.45) is 0 Å². The second-order valence-electron chi connectivity index (χ2n) is 9.60. The maximum absolute atomic E-state index is 13.2. The first kappa shape index (κ1) is 24.6. The predicted molar refractivity (Wildman–Crippen MR) is 143 cm³/mol. The monoisotopic (exact) mass is 517 g/mol. The lowest BCUT2D eigenvalue weighted by Gasteiger charge is -2.37. The molecule has 190 valence electrons. The van der Waals surface area contributed by atoms with Crippen molar-refractivity contribution in [1.82, 2.24) is 24.8 Å². The van der Waals surface area contributed by atoms with Gasteiger partial charge < -0.3 is 19.9 Å². The molecule has 4 aromatic rings. The van der Waals surface area contributed by atoms with Gasteiger partial charge in [0.1, 0.15) is 11.3 Å². The molecule has 0 unspecified atom stereocenters. The summed E-state index contributed by atoms with van der Waals surface area (Å²) in [6, 6.07) is 9.23. The van der Waals surface area contributed by atoms with Gasteiger partial charge in [-0.2, -0.15) is 0 Å². The highest BCUT2D eigenvalue weighted by Gasteiger charge is 2.27. The SMILES string of the molecule is CC(C)(C)OC(=O)N1CCN(c2ccncc2NC(=O)c2ccnc(-c3ccc4ncsc4c3)n2)CC1. The molecule has 11 heteroatoms. The van der Waals surface area contributed by atoms with Gasteiger partial charge in [-0.1, -0.05) is 0 Å². The quantitative estimate of drug-likeness (QED) is 0.422. The number of anilines is 2. The molecule has 0 aliphatic carbocycles. The number of thiazole rings is 1. The van der Waals surface area contributed by atoms with Crippen LogP contribution in [0, 0.1) is 0 Å². The Labute approximate surface area is 218 Å². The van der Waals surface area contributed by atoms with Crippen LogP contribution in [0.2, 0.25) is 0 Å². The molecule has 0 spiro atoms. The second kappa shape index (κ2) is 10.1. The molecule has 0 atom stereocenters. The molecule has 1 fully saturated rings. The number of nitrogens with zero attached hydrogens (tertiary/aromatic N) is 6. The minimum Gasteiger partial charge on any atom is -0.444 e. The minimum absolute atomic E-state index is 0.249. The number of amides is 2. The molecular weight excluding hydrogens is 490 g/mol. The Hall–Kier alpha value is -4.12. The zero-order chi connectivity index (χ0) is 26.0. The van der Waals surface area contributed by atoms with Crippen LogP contribution in [0.15, 0.2) is 54.4 Å². The van der Waals surface area contributed by atoms with E-state index in [2.05, 4.69) is 30.2 Å². The summed E-state index contributed by atoms with van der Waals surface area (Å²) in [7, 11) is 0. The van der Waals surface area contributed by atoms with Crippen molar-refractivity contribution < 1.29 is 14.3 Å². The molecule has 37 heavy (non-hydrogen) atoms. The first-order valence-corrected chi connectivity index (χ1v) is 12.8. The average Bonchev–Trinajstić information content (AvgIpc) is 3.36. The first-order chi connectivity index (χ1) is 17.8. The number of nitrogens with one attached hydrogen (secondary N) is 1. The minimum atomic E-state index is -0.536. The van der Waals surface area contributed by atoms with E-state index in [1.54, 1.807) is 46.4 Å². The van der Waals surface area contributed by atoms with E-state index in [4.69, 9.17) is 4.74 Å². The van der Waals surface area contributed by atoms with Crippen LogP contribution in [0.3, 0.4) is 0 Å². The number of hydrogen-bond donors (Lipinski definition) is 1. The van der Waals surface area contributed by atoms with Crippen LogP contribution >= 0.6 is 11.3 Å². The van der Waals surface area contributed by atoms with E-state index < -0.39 is 5.60 Å². The second-order valence-corrected chi connectivity index (χ2v) is 10.5. The van der Waals surface area contributed by atoms with E-state index in [0.717, 1.165) is 21.5 Å². The maximum atomic E-state index is 13.2. The fraction of sp³-hybridized carbons (Fsp3) is 0.308. The van der Waals surface area contributed by atoms with E-state index in [9.17, 15) is 9.59 Å². The Morgan fingerprint density at radius 3 is 2.62 bits per heavy atom. The Kier molecular flexibility index (Phi) is 6.70. The van der Waals surface area contributed by atoms with E-state index in [-0.39, 0.29) is 17.7 Å². The van der Waals surface area contributed by atoms with Crippen LogP contribution in [-0.2, 0) is 4.74 Å². The third-order valence-electron chi connectivity index (χ3n) is 5.80. The summed E-state index contributed by atoms with van der Waals surface area (Å²) in [6.45, 7) is 7.80. The fourth-order valence-corrected chi connectivity index (χ4v) is 4.74. The average molecular weight is 518 g/mol. The summed E-state index contributed by atoms with van der Waals surface area (Å²) in [5.74, 6) is 0.108. The molecule has 0 bridgehead atoms. The third kappa shape index (κ3) is 5.67. The van der Waals surface area contributed by atoms with Crippen LogP contribution in [0.25, 0.3) is 21.6 Å². The summed E-state index contributed by atoms with van der Waals surface area (Å²) >= 11 is 1.54. The third-order valence-corrected chi connectivity index (χ3v) is 6.59. The molecule has 1 aliphatic heterocycles. The van der Waals surface area contributed by atoms with Gasteiger partial charge in [0.15, 0.2) is 5.82 Å². The van der Waals surface area contributed by atoms with Gasteiger partial charge in [-0.05, 0) is 51.1 Å². The van der Waals surface area contributed by atoms with Crippen molar-refractivity contribution in [3.8, 4) is 11.4 Å². The zero-order valence-corrected chi connectivity index (χ0v) is 21.7. The molecule has 1 N–H and O–H groups in total. The number of benzene rings is 1. The number of aromatic nitrogens is 4. The van der Waals surface area contributed by atoms with Crippen LogP contribution in [0.5, 0.6) is 0 Å². The Morgan fingerprint density at radius 1 is 1.03 bits per heavy atom. The molecule has 0 saturated carbocycles. The molecule has 1 saturated heterocycles. The van der Waals surface area contributed by atoms with Gasteiger partial charge >= 0.3 is 6.09 Å². The largest absolute Gasteiger partial charge is 0.444 e. The summed E-state index contributed by atoms with van der Waals surface area (Å²) in [5.41, 5.74) is 4.64. The van der Waals surface area contributed by atoms with Gasteiger partial charge in [0.05, 0.1) is 33.3 Å². The van der Waals surface area contributed by atoms with Gasteiger partial charge in [-0.25, -0.2) is 19.7 Å². The molecule has 2 amide bonds. The predicted octanol–water partition coefficient (Wildman–Crippen LogP) is 4.46. The number of ether oxygens (including phenoxy) is 1. The van der Waals surface area contributed by atoms with Crippen molar-refractivity contribution in [2.75, 3.05) is 36.4 Å². The highest BCUT2D eigenvalue weighted by Crippen LogP contribution is 2.27. The van der Waals surface area contributed by atoms with Crippen molar-refractivity contribution >= 4 is 44.9 Å². The summed E-state index contributed by atoms with van der Waals surface area (Å²) in [4.78, 5) is 46.7. The Morgan fingerprint density at radius 2 is 1.84 bits per heavy atom. The zero-order valence-electron chi connectivity index (χ0n) is 20.8. The van der Waals surface area contributed by atoms with Crippen LogP contribution in [0.4, 0.5) is 16.2 Å². The maximum Gasteiger partial charge on any atom is 0.410 e. The number of carbonyl (C=O) groups excluding carboxylic acids is 2. The topological polar surface area (TPSA) is 113 Å². The van der Waals surface area contributed by atoms with Gasteiger partial charge in [-0.3, -0.25) is 9.78 Å². The van der Waals surface area contributed by atoms with Crippen molar-refractivity contribution in [3.63, 3.8) is 0 Å². The lowest BCUT2D eigenvalue weighted by Crippen LogP contribution is -2.50. The highest BCUT2D eigenvalue weighted by molar-refractivity contribution is 7.16. The van der Waals surface area contributed by atoms with E-state index in [1.807, 2.05) is 45.0 Å². The lowest BCUT2D eigenvalue weighted by molar-refractivity contribution is 0.0240.